The third kappa shape index (κ3) is 4.07. The van der Waals surface area contributed by atoms with Gasteiger partial charge in [0, 0.05) is 37.1 Å². The smallest absolute Gasteiger partial charge is 0.302 e. The molecule has 3 saturated carbocycles. The van der Waals surface area contributed by atoms with Gasteiger partial charge in [0.15, 0.2) is 5.79 Å². The molecule has 0 aromatic carbocycles. The summed E-state index contributed by atoms with van der Waals surface area (Å²) in [4.78, 5) is 14.5. The van der Waals surface area contributed by atoms with Gasteiger partial charge in [-0.3, -0.25) is 4.79 Å². The van der Waals surface area contributed by atoms with Crippen LogP contribution in [0, 0.1) is 34.5 Å². The number of hydrogen-bond acceptors (Lipinski definition) is 5. The van der Waals surface area contributed by atoms with E-state index in [4.69, 9.17) is 14.2 Å². The molecule has 182 valence electrons. The molecule has 5 nitrogen and oxygen atoms in total. The maximum Gasteiger partial charge on any atom is 0.302 e. The highest BCUT2D eigenvalue weighted by Crippen LogP contribution is 2.65. The molecule has 1 aliphatic heterocycles. The number of rotatable bonds is 5. The molecule has 0 radical (unpaired) electrons. The number of esters is 1. The van der Waals surface area contributed by atoms with Crippen LogP contribution in [0.4, 0.5) is 0 Å². The van der Waals surface area contributed by atoms with Gasteiger partial charge < -0.3 is 19.1 Å². The summed E-state index contributed by atoms with van der Waals surface area (Å²) >= 11 is 0. The number of ether oxygens (including phenoxy) is 3. The monoisotopic (exact) mass is 447 g/mol. The lowest BCUT2D eigenvalue weighted by molar-refractivity contribution is -0.251. The second-order valence-electron chi connectivity index (χ2n) is 11.9. The summed E-state index contributed by atoms with van der Waals surface area (Å²) in [5, 5.41) is 0. The van der Waals surface area contributed by atoms with Crippen molar-refractivity contribution in [3.05, 3.63) is 12.2 Å². The van der Waals surface area contributed by atoms with Crippen LogP contribution in [0.1, 0.15) is 72.6 Å². The van der Waals surface area contributed by atoms with Crippen molar-refractivity contribution >= 4 is 5.97 Å². The highest BCUT2D eigenvalue weighted by atomic mass is 16.7. The van der Waals surface area contributed by atoms with Crippen molar-refractivity contribution in [3.63, 3.8) is 0 Å². The summed E-state index contributed by atoms with van der Waals surface area (Å²) in [5.74, 6) is 1.31. The summed E-state index contributed by atoms with van der Waals surface area (Å²) in [6.45, 7) is 11.1. The van der Waals surface area contributed by atoms with Crippen LogP contribution in [-0.4, -0.2) is 56.6 Å². The number of carbonyl (C=O) groups excluding carboxylic acids is 1. The van der Waals surface area contributed by atoms with Gasteiger partial charge in [0.05, 0.1) is 13.2 Å². The van der Waals surface area contributed by atoms with E-state index in [2.05, 4.69) is 51.9 Å². The number of carbonyl (C=O) groups is 1. The molecule has 4 rings (SSSR count). The van der Waals surface area contributed by atoms with Crippen LogP contribution in [0.2, 0.25) is 0 Å². The first kappa shape index (κ1) is 24.2. The minimum absolute atomic E-state index is 0.0541. The van der Waals surface area contributed by atoms with Gasteiger partial charge in [-0.2, -0.15) is 0 Å². The van der Waals surface area contributed by atoms with Crippen LogP contribution in [0.3, 0.4) is 0 Å². The molecule has 1 saturated heterocycles. The van der Waals surface area contributed by atoms with Crippen LogP contribution in [0.25, 0.3) is 0 Å². The van der Waals surface area contributed by atoms with E-state index < -0.39 is 5.79 Å². The molecule has 1 heterocycles. The van der Waals surface area contributed by atoms with E-state index in [1.807, 2.05) is 0 Å². The van der Waals surface area contributed by atoms with Crippen molar-refractivity contribution in [1.82, 2.24) is 4.90 Å². The number of fused-ring (bicyclic) bond motifs is 2. The first-order chi connectivity index (χ1) is 15.1. The van der Waals surface area contributed by atoms with Crippen LogP contribution in [0.15, 0.2) is 12.2 Å². The topological polar surface area (TPSA) is 48.0 Å². The van der Waals surface area contributed by atoms with Gasteiger partial charge in [0.25, 0.3) is 0 Å². The Morgan fingerprint density at radius 1 is 1.06 bits per heavy atom. The second kappa shape index (κ2) is 9.03. The SMILES string of the molecule is CC(=O)O[C@H]1C2CCC3(OCCO3)[C@@]2(C)CCC1[C@@]1(C)CC[C@H](C)C[C@@H]1/C=C\CN(C)C. The quantitative estimate of drug-likeness (QED) is 0.436. The van der Waals surface area contributed by atoms with Crippen molar-refractivity contribution in [2.24, 2.45) is 34.5 Å². The Bertz CT molecular complexity index is 714. The third-order valence-electron chi connectivity index (χ3n) is 9.66. The van der Waals surface area contributed by atoms with Gasteiger partial charge in [-0.25, -0.2) is 0 Å². The third-order valence-corrected chi connectivity index (χ3v) is 9.66. The molecule has 0 aromatic rings. The van der Waals surface area contributed by atoms with Crippen LogP contribution >= 0.6 is 0 Å². The zero-order chi connectivity index (χ0) is 23.1. The molecule has 0 amide bonds. The van der Waals surface area contributed by atoms with E-state index in [0.29, 0.717) is 31.0 Å². The number of allylic oxidation sites excluding steroid dienone is 1. The molecule has 4 aliphatic rings. The van der Waals surface area contributed by atoms with Gasteiger partial charge in [0.2, 0.25) is 0 Å². The number of hydrogen-bond donors (Lipinski definition) is 0. The van der Waals surface area contributed by atoms with Crippen LogP contribution in [-0.2, 0) is 19.0 Å². The molecule has 4 fully saturated rings. The molecule has 32 heavy (non-hydrogen) atoms. The zero-order valence-corrected chi connectivity index (χ0v) is 21.2. The average molecular weight is 448 g/mol. The minimum Gasteiger partial charge on any atom is -0.462 e. The Morgan fingerprint density at radius 3 is 2.41 bits per heavy atom. The van der Waals surface area contributed by atoms with Crippen LogP contribution < -0.4 is 0 Å². The van der Waals surface area contributed by atoms with E-state index in [-0.39, 0.29) is 22.9 Å². The molecule has 0 bridgehead atoms. The Balaban J connectivity index is 1.65. The molecule has 3 aliphatic carbocycles. The number of likely N-dealkylation sites (N-methyl/N-ethyl adjacent to an activating group) is 1. The Morgan fingerprint density at radius 2 is 1.75 bits per heavy atom. The van der Waals surface area contributed by atoms with Gasteiger partial charge in [-0.05, 0) is 63.5 Å². The second-order valence-corrected chi connectivity index (χ2v) is 11.9. The maximum absolute atomic E-state index is 12.3. The van der Waals surface area contributed by atoms with Gasteiger partial charge in [-0.15, -0.1) is 0 Å². The lowest BCUT2D eigenvalue weighted by Crippen LogP contribution is -2.57. The van der Waals surface area contributed by atoms with E-state index in [9.17, 15) is 4.79 Å². The summed E-state index contributed by atoms with van der Waals surface area (Å²) < 4.78 is 18.8. The van der Waals surface area contributed by atoms with Crippen molar-refractivity contribution in [2.75, 3.05) is 33.9 Å². The fourth-order valence-electron chi connectivity index (χ4n) is 7.78. The van der Waals surface area contributed by atoms with E-state index in [1.165, 1.54) is 19.3 Å². The van der Waals surface area contributed by atoms with Gasteiger partial charge in [0.1, 0.15) is 6.10 Å². The molecule has 1 spiro atoms. The molecular weight excluding hydrogens is 402 g/mol. The van der Waals surface area contributed by atoms with Crippen LogP contribution in [0.5, 0.6) is 0 Å². The molecule has 5 heteroatoms. The normalized spacial score (nSPS) is 43.8. The molecule has 0 N–H and O–H groups in total. The Hall–Kier alpha value is -0.910. The molecule has 7 atom stereocenters. The van der Waals surface area contributed by atoms with Gasteiger partial charge >= 0.3 is 5.97 Å². The van der Waals surface area contributed by atoms with Crippen molar-refractivity contribution < 1.29 is 19.0 Å². The summed E-state index contributed by atoms with van der Waals surface area (Å²) in [7, 11) is 4.24. The van der Waals surface area contributed by atoms with Crippen molar-refractivity contribution in [2.45, 2.75) is 84.5 Å². The predicted octanol–water partition coefficient (Wildman–Crippen LogP) is 5.05. The summed E-state index contributed by atoms with van der Waals surface area (Å²) in [5.41, 5.74) is 0.0542. The van der Waals surface area contributed by atoms with E-state index >= 15 is 0 Å². The minimum atomic E-state index is -0.478. The molecule has 0 aromatic heterocycles. The predicted molar refractivity (Wildman–Crippen MR) is 126 cm³/mol. The fourth-order valence-corrected chi connectivity index (χ4v) is 7.78. The standard InChI is InChI=1S/C27H45NO4/c1-19-9-12-25(3,21(18-19)8-7-15-28(5)6)22-10-13-26(4)23(24(22)32-20(2)29)11-14-27(26)30-16-17-31-27/h7-8,19,21-24H,9-18H2,1-6H3/b8-7-/t19-,21-,22?,23?,24+,25-,26-/m0/s1. The largest absolute Gasteiger partial charge is 0.462 e. The van der Waals surface area contributed by atoms with Gasteiger partial charge in [-0.1, -0.05) is 39.3 Å². The summed E-state index contributed by atoms with van der Waals surface area (Å²) in [6.07, 6.45) is 12.5. The Labute approximate surface area is 195 Å². The highest BCUT2D eigenvalue weighted by Gasteiger charge is 2.67. The average Bonchev–Trinajstić information content (AvgIpc) is 3.31. The fraction of sp³-hybridized carbons (Fsp3) is 0.889. The lowest BCUT2D eigenvalue weighted by Gasteiger charge is -2.57. The van der Waals surface area contributed by atoms with Crippen molar-refractivity contribution in [1.29, 1.82) is 0 Å². The van der Waals surface area contributed by atoms with E-state index in [0.717, 1.165) is 38.1 Å². The maximum atomic E-state index is 12.3. The first-order valence-electron chi connectivity index (χ1n) is 12.9. The molecule has 2 unspecified atom stereocenters. The molecular formula is C27H45NO4. The summed E-state index contributed by atoms with van der Waals surface area (Å²) in [6, 6.07) is 0. The highest BCUT2D eigenvalue weighted by molar-refractivity contribution is 5.66. The lowest BCUT2D eigenvalue weighted by atomic mass is 9.51. The Kier molecular flexibility index (Phi) is 6.84. The first-order valence-corrected chi connectivity index (χ1v) is 12.9. The zero-order valence-electron chi connectivity index (χ0n) is 21.2. The number of nitrogens with zero attached hydrogens (tertiary/aromatic N) is 1. The van der Waals surface area contributed by atoms with E-state index in [1.54, 1.807) is 6.92 Å². The van der Waals surface area contributed by atoms with Crippen molar-refractivity contribution in [3.8, 4) is 0 Å².